The molecule has 2 aromatic rings. The summed E-state index contributed by atoms with van der Waals surface area (Å²) in [6.45, 7) is 1.90. The van der Waals surface area contributed by atoms with Crippen molar-refractivity contribution >= 4 is 6.08 Å². The summed E-state index contributed by atoms with van der Waals surface area (Å²) < 4.78 is 5.34. The molecule has 1 heterocycles. The van der Waals surface area contributed by atoms with Crippen LogP contribution < -0.4 is 4.74 Å². The van der Waals surface area contributed by atoms with Gasteiger partial charge in [0, 0.05) is 37.0 Å². The Morgan fingerprint density at radius 2 is 1.95 bits per heavy atom. The van der Waals surface area contributed by atoms with Gasteiger partial charge in [0.15, 0.2) is 0 Å². The molecule has 0 aliphatic rings. The van der Waals surface area contributed by atoms with E-state index in [1.165, 1.54) is 0 Å². The van der Waals surface area contributed by atoms with Gasteiger partial charge in [0.1, 0.15) is 5.75 Å². The largest absolute Gasteiger partial charge is 0.496 e. The van der Waals surface area contributed by atoms with E-state index in [1.54, 1.807) is 7.11 Å². The maximum absolute atomic E-state index is 5.34. The number of hydrogen-bond acceptors (Lipinski definition) is 3. The van der Waals surface area contributed by atoms with Gasteiger partial charge >= 0.3 is 0 Å². The van der Waals surface area contributed by atoms with Crippen LogP contribution >= 0.6 is 0 Å². The second kappa shape index (κ2) is 8.22. The van der Waals surface area contributed by atoms with Gasteiger partial charge in [0.25, 0.3) is 0 Å². The molecule has 0 unspecified atom stereocenters. The number of para-hydroxylation sites is 1. The predicted octanol–water partition coefficient (Wildman–Crippen LogP) is 3.28. The third kappa shape index (κ3) is 5.04. The Morgan fingerprint density at radius 3 is 2.71 bits per heavy atom. The summed E-state index contributed by atoms with van der Waals surface area (Å²) in [6, 6.07) is 14.1. The number of rotatable bonds is 7. The Hall–Kier alpha value is -2.13. The molecule has 0 aliphatic carbocycles. The number of hydrogen-bond donors (Lipinski definition) is 0. The molecule has 0 atom stereocenters. The molecule has 0 amide bonds. The minimum atomic E-state index is 0.907. The molecule has 110 valence electrons. The summed E-state index contributed by atoms with van der Waals surface area (Å²) in [4.78, 5) is 6.62. The van der Waals surface area contributed by atoms with Gasteiger partial charge in [-0.2, -0.15) is 0 Å². The predicted molar refractivity (Wildman–Crippen MR) is 87.5 cm³/mol. The molecule has 0 fully saturated rings. The normalized spacial score (nSPS) is 11.2. The maximum atomic E-state index is 5.34. The summed E-state index contributed by atoms with van der Waals surface area (Å²) in [5.74, 6) is 0.907. The fourth-order valence-electron chi connectivity index (χ4n) is 2.11. The Bertz CT molecular complexity index is 566. The number of likely N-dealkylation sites (N-methyl/N-ethyl adjacent to an activating group) is 1. The van der Waals surface area contributed by atoms with Gasteiger partial charge in [-0.25, -0.2) is 0 Å². The molecule has 0 saturated carbocycles. The summed E-state index contributed by atoms with van der Waals surface area (Å²) in [6.07, 6.45) is 7.09. The van der Waals surface area contributed by atoms with Crippen molar-refractivity contribution in [1.29, 1.82) is 0 Å². The van der Waals surface area contributed by atoms with Crippen LogP contribution in [0, 0.1) is 0 Å². The molecule has 1 aromatic heterocycles. The van der Waals surface area contributed by atoms with Gasteiger partial charge in [-0.3, -0.25) is 4.98 Å². The quantitative estimate of drug-likeness (QED) is 0.779. The standard InChI is InChI=1S/C18H22N2O/c1-20(15-12-17-10-5-6-13-19-17)14-7-9-16-8-3-4-11-18(16)21-2/h3-11,13H,12,14-15H2,1-2H3/b9-7+. The lowest BCUT2D eigenvalue weighted by atomic mass is 10.2. The summed E-state index contributed by atoms with van der Waals surface area (Å²) in [5, 5.41) is 0. The average molecular weight is 282 g/mol. The first kappa shape index (κ1) is 15.3. The van der Waals surface area contributed by atoms with Gasteiger partial charge in [-0.05, 0) is 25.2 Å². The van der Waals surface area contributed by atoms with Gasteiger partial charge in [-0.1, -0.05) is 36.4 Å². The zero-order valence-corrected chi connectivity index (χ0v) is 12.7. The zero-order chi connectivity index (χ0) is 14.9. The molecule has 0 spiro atoms. The highest BCUT2D eigenvalue weighted by molar-refractivity contribution is 5.57. The lowest BCUT2D eigenvalue weighted by Gasteiger charge is -2.13. The van der Waals surface area contributed by atoms with Gasteiger partial charge < -0.3 is 9.64 Å². The summed E-state index contributed by atoms with van der Waals surface area (Å²) in [7, 11) is 3.82. The Morgan fingerprint density at radius 1 is 1.14 bits per heavy atom. The van der Waals surface area contributed by atoms with E-state index in [-0.39, 0.29) is 0 Å². The van der Waals surface area contributed by atoms with Crippen molar-refractivity contribution in [3.8, 4) is 5.75 Å². The minimum absolute atomic E-state index is 0.907. The molecule has 0 saturated heterocycles. The van der Waals surface area contributed by atoms with Crippen LogP contribution in [0.15, 0.2) is 54.7 Å². The van der Waals surface area contributed by atoms with Gasteiger partial charge in [0.2, 0.25) is 0 Å². The monoisotopic (exact) mass is 282 g/mol. The fraction of sp³-hybridized carbons (Fsp3) is 0.278. The highest BCUT2D eigenvalue weighted by atomic mass is 16.5. The first-order valence-corrected chi connectivity index (χ1v) is 7.17. The lowest BCUT2D eigenvalue weighted by molar-refractivity contribution is 0.374. The van der Waals surface area contributed by atoms with Crippen LogP contribution in [-0.4, -0.2) is 37.1 Å². The molecule has 2 rings (SSSR count). The van der Waals surface area contributed by atoms with Crippen LogP contribution in [0.25, 0.3) is 6.08 Å². The molecule has 21 heavy (non-hydrogen) atoms. The molecule has 3 heteroatoms. The van der Waals surface area contributed by atoms with E-state index in [2.05, 4.69) is 41.2 Å². The van der Waals surface area contributed by atoms with Crippen LogP contribution in [0.1, 0.15) is 11.3 Å². The van der Waals surface area contributed by atoms with Crippen LogP contribution in [0.2, 0.25) is 0 Å². The topological polar surface area (TPSA) is 25.4 Å². The van der Waals surface area contributed by atoms with Crippen molar-refractivity contribution < 1.29 is 4.74 Å². The Balaban J connectivity index is 1.80. The highest BCUT2D eigenvalue weighted by Crippen LogP contribution is 2.18. The third-order valence-corrected chi connectivity index (χ3v) is 3.33. The Kier molecular flexibility index (Phi) is 5.98. The smallest absolute Gasteiger partial charge is 0.126 e. The van der Waals surface area contributed by atoms with Crippen LogP contribution in [0.3, 0.4) is 0 Å². The van der Waals surface area contributed by atoms with E-state index in [1.807, 2.05) is 36.5 Å². The second-order valence-electron chi connectivity index (χ2n) is 4.98. The average Bonchev–Trinajstić information content (AvgIpc) is 2.54. The number of pyridine rings is 1. The van der Waals surface area contributed by atoms with E-state index in [0.29, 0.717) is 0 Å². The van der Waals surface area contributed by atoms with Crippen molar-refractivity contribution in [2.45, 2.75) is 6.42 Å². The van der Waals surface area contributed by atoms with Gasteiger partial charge in [0.05, 0.1) is 7.11 Å². The van der Waals surface area contributed by atoms with Crippen LogP contribution in [0.5, 0.6) is 5.75 Å². The summed E-state index contributed by atoms with van der Waals surface area (Å²) >= 11 is 0. The number of aromatic nitrogens is 1. The van der Waals surface area contributed by atoms with E-state index in [0.717, 1.165) is 36.5 Å². The molecule has 1 aromatic carbocycles. The van der Waals surface area contributed by atoms with Gasteiger partial charge in [-0.15, -0.1) is 0 Å². The molecular weight excluding hydrogens is 260 g/mol. The lowest BCUT2D eigenvalue weighted by Crippen LogP contribution is -2.21. The number of methoxy groups -OCH3 is 1. The minimum Gasteiger partial charge on any atom is -0.496 e. The summed E-state index contributed by atoms with van der Waals surface area (Å²) in [5.41, 5.74) is 2.25. The van der Waals surface area contributed by atoms with E-state index < -0.39 is 0 Å². The maximum Gasteiger partial charge on any atom is 0.126 e. The van der Waals surface area contributed by atoms with Crippen molar-refractivity contribution in [3.05, 3.63) is 66.0 Å². The van der Waals surface area contributed by atoms with Crippen molar-refractivity contribution in [3.63, 3.8) is 0 Å². The molecule has 3 nitrogen and oxygen atoms in total. The molecule has 0 N–H and O–H groups in total. The first-order chi connectivity index (χ1) is 10.3. The third-order valence-electron chi connectivity index (χ3n) is 3.33. The van der Waals surface area contributed by atoms with E-state index in [9.17, 15) is 0 Å². The van der Waals surface area contributed by atoms with Crippen molar-refractivity contribution in [2.24, 2.45) is 0 Å². The number of ether oxygens (including phenoxy) is 1. The SMILES string of the molecule is COc1ccccc1/C=C/CN(C)CCc1ccccn1. The highest BCUT2D eigenvalue weighted by Gasteiger charge is 1.99. The molecule has 0 radical (unpaired) electrons. The van der Waals surface area contributed by atoms with E-state index in [4.69, 9.17) is 4.74 Å². The zero-order valence-electron chi connectivity index (χ0n) is 12.7. The Labute approximate surface area is 126 Å². The molecule has 0 bridgehead atoms. The molecular formula is C18H22N2O. The second-order valence-corrected chi connectivity index (χ2v) is 4.98. The van der Waals surface area contributed by atoms with E-state index >= 15 is 0 Å². The van der Waals surface area contributed by atoms with Crippen molar-refractivity contribution in [1.82, 2.24) is 9.88 Å². The molecule has 0 aliphatic heterocycles. The number of nitrogens with zero attached hydrogens (tertiary/aromatic N) is 2. The van der Waals surface area contributed by atoms with Crippen LogP contribution in [-0.2, 0) is 6.42 Å². The fourth-order valence-corrected chi connectivity index (χ4v) is 2.11. The van der Waals surface area contributed by atoms with Crippen LogP contribution in [0.4, 0.5) is 0 Å². The number of benzene rings is 1. The van der Waals surface area contributed by atoms with Crippen molar-refractivity contribution in [2.75, 3.05) is 27.2 Å². The first-order valence-electron chi connectivity index (χ1n) is 7.17.